The first-order valence-corrected chi connectivity index (χ1v) is 5.67. The molecule has 0 radical (unpaired) electrons. The highest BCUT2D eigenvalue weighted by atomic mass is 19.4. The highest BCUT2D eigenvalue weighted by molar-refractivity contribution is 5.96. The number of benzene rings is 2. The zero-order chi connectivity index (χ0) is 14.6. The van der Waals surface area contributed by atoms with Gasteiger partial charge in [0.05, 0.1) is 5.69 Å². The Morgan fingerprint density at radius 1 is 0.950 bits per heavy atom. The molecule has 0 fully saturated rings. The van der Waals surface area contributed by atoms with E-state index in [9.17, 15) is 18.0 Å². The van der Waals surface area contributed by atoms with Crippen LogP contribution < -0.4 is 10.1 Å². The third-order valence-corrected chi connectivity index (χ3v) is 2.36. The van der Waals surface area contributed by atoms with Crippen molar-refractivity contribution in [3.63, 3.8) is 0 Å². The van der Waals surface area contributed by atoms with Gasteiger partial charge in [-0.15, -0.1) is 0 Å². The van der Waals surface area contributed by atoms with Crippen molar-refractivity contribution in [1.82, 2.24) is 0 Å². The molecule has 3 nitrogen and oxygen atoms in total. The van der Waals surface area contributed by atoms with Crippen molar-refractivity contribution in [3.05, 3.63) is 54.6 Å². The number of para-hydroxylation sites is 3. The molecule has 0 atom stereocenters. The van der Waals surface area contributed by atoms with Gasteiger partial charge in [0.15, 0.2) is 5.75 Å². The quantitative estimate of drug-likeness (QED) is 0.924. The zero-order valence-electron chi connectivity index (χ0n) is 10.1. The predicted octanol–water partition coefficient (Wildman–Crippen LogP) is 3.98. The number of amides is 1. The normalized spacial score (nSPS) is 10.9. The van der Waals surface area contributed by atoms with Gasteiger partial charge in [-0.05, 0) is 24.3 Å². The Bertz CT molecular complexity index is 597. The average Bonchev–Trinajstić information content (AvgIpc) is 2.41. The summed E-state index contributed by atoms with van der Waals surface area (Å²) in [5.74, 6) is -1.45. The number of alkyl halides is 3. The van der Waals surface area contributed by atoms with E-state index in [0.717, 1.165) is 0 Å². The molecule has 104 valence electrons. The highest BCUT2D eigenvalue weighted by Gasteiger charge is 2.39. The van der Waals surface area contributed by atoms with Crippen molar-refractivity contribution in [2.75, 3.05) is 5.32 Å². The van der Waals surface area contributed by atoms with Crippen LogP contribution in [0.3, 0.4) is 0 Å². The molecule has 1 N–H and O–H groups in total. The molecule has 0 aliphatic rings. The third-order valence-electron chi connectivity index (χ3n) is 2.36. The number of nitrogens with one attached hydrogen (secondary N) is 1. The Kier molecular flexibility index (Phi) is 3.93. The highest BCUT2D eigenvalue weighted by Crippen LogP contribution is 2.30. The van der Waals surface area contributed by atoms with Crippen LogP contribution in [-0.2, 0) is 4.79 Å². The summed E-state index contributed by atoms with van der Waals surface area (Å²) < 4.78 is 42.2. The van der Waals surface area contributed by atoms with Crippen molar-refractivity contribution in [3.8, 4) is 11.5 Å². The van der Waals surface area contributed by atoms with E-state index >= 15 is 0 Å². The number of hydrogen-bond acceptors (Lipinski definition) is 2. The summed E-state index contributed by atoms with van der Waals surface area (Å²) in [7, 11) is 0. The molecular formula is C14H10F3NO2. The third kappa shape index (κ3) is 3.50. The van der Waals surface area contributed by atoms with Crippen molar-refractivity contribution in [2.45, 2.75) is 6.18 Å². The summed E-state index contributed by atoms with van der Waals surface area (Å²) in [6, 6.07) is 14.5. The standard InChI is InChI=1S/C14H10F3NO2/c15-14(16,17)13(19)18-11-8-4-5-9-12(11)20-10-6-2-1-3-7-10/h1-9H,(H,18,19). The van der Waals surface area contributed by atoms with Gasteiger partial charge in [-0.3, -0.25) is 4.79 Å². The van der Waals surface area contributed by atoms with E-state index in [0.29, 0.717) is 5.75 Å². The van der Waals surface area contributed by atoms with Crippen LogP contribution in [0, 0.1) is 0 Å². The van der Waals surface area contributed by atoms with Gasteiger partial charge in [0.1, 0.15) is 5.75 Å². The predicted molar refractivity (Wildman–Crippen MR) is 67.6 cm³/mol. The molecule has 0 heterocycles. The Hall–Kier alpha value is -2.50. The summed E-state index contributed by atoms with van der Waals surface area (Å²) in [6.07, 6.45) is -4.94. The van der Waals surface area contributed by atoms with Crippen molar-refractivity contribution < 1.29 is 22.7 Å². The lowest BCUT2D eigenvalue weighted by molar-refractivity contribution is -0.167. The van der Waals surface area contributed by atoms with Crippen LogP contribution in [0.5, 0.6) is 11.5 Å². The SMILES string of the molecule is O=C(Nc1ccccc1Oc1ccccc1)C(F)(F)F. The molecule has 0 spiro atoms. The molecule has 2 aromatic rings. The van der Waals surface area contributed by atoms with Gasteiger partial charge >= 0.3 is 12.1 Å². The first-order valence-electron chi connectivity index (χ1n) is 5.67. The molecule has 0 saturated carbocycles. The molecule has 20 heavy (non-hydrogen) atoms. The summed E-state index contributed by atoms with van der Waals surface area (Å²) in [4.78, 5) is 10.9. The van der Waals surface area contributed by atoms with E-state index in [1.165, 1.54) is 18.2 Å². The molecule has 2 aromatic carbocycles. The van der Waals surface area contributed by atoms with E-state index in [4.69, 9.17) is 4.74 Å². The minimum absolute atomic E-state index is 0.0429. The number of carbonyl (C=O) groups excluding carboxylic acids is 1. The largest absolute Gasteiger partial charge is 0.471 e. The van der Waals surface area contributed by atoms with Gasteiger partial charge in [0.2, 0.25) is 0 Å². The number of anilines is 1. The van der Waals surface area contributed by atoms with Crippen LogP contribution in [-0.4, -0.2) is 12.1 Å². The molecule has 0 saturated heterocycles. The second-order valence-corrected chi connectivity index (χ2v) is 3.86. The smallest absolute Gasteiger partial charge is 0.455 e. The second-order valence-electron chi connectivity index (χ2n) is 3.86. The van der Waals surface area contributed by atoms with Crippen LogP contribution in [0.15, 0.2) is 54.6 Å². The van der Waals surface area contributed by atoms with Gasteiger partial charge < -0.3 is 10.1 Å². The lowest BCUT2D eigenvalue weighted by atomic mass is 10.3. The molecule has 0 aromatic heterocycles. The van der Waals surface area contributed by atoms with Crippen LogP contribution in [0.2, 0.25) is 0 Å². The van der Waals surface area contributed by atoms with Crippen molar-refractivity contribution in [2.24, 2.45) is 0 Å². The van der Waals surface area contributed by atoms with E-state index < -0.39 is 12.1 Å². The van der Waals surface area contributed by atoms with Gasteiger partial charge in [-0.25, -0.2) is 0 Å². The van der Waals surface area contributed by atoms with Crippen molar-refractivity contribution in [1.29, 1.82) is 0 Å². The van der Waals surface area contributed by atoms with E-state index in [1.807, 2.05) is 0 Å². The fourth-order valence-corrected chi connectivity index (χ4v) is 1.47. The Labute approximate surface area is 113 Å². The van der Waals surface area contributed by atoms with Crippen LogP contribution in [0.25, 0.3) is 0 Å². The van der Waals surface area contributed by atoms with E-state index in [-0.39, 0.29) is 11.4 Å². The lowest BCUT2D eigenvalue weighted by Crippen LogP contribution is -2.30. The fourth-order valence-electron chi connectivity index (χ4n) is 1.47. The fraction of sp³-hybridized carbons (Fsp3) is 0.0714. The summed E-state index contributed by atoms with van der Waals surface area (Å²) in [5, 5.41) is 1.78. The number of rotatable bonds is 3. The Morgan fingerprint density at radius 3 is 2.20 bits per heavy atom. The minimum Gasteiger partial charge on any atom is -0.455 e. The summed E-state index contributed by atoms with van der Waals surface area (Å²) >= 11 is 0. The van der Waals surface area contributed by atoms with Gasteiger partial charge in [-0.1, -0.05) is 30.3 Å². The van der Waals surface area contributed by atoms with Crippen LogP contribution >= 0.6 is 0 Å². The average molecular weight is 281 g/mol. The Morgan fingerprint density at radius 2 is 1.55 bits per heavy atom. The summed E-state index contributed by atoms with van der Waals surface area (Å²) in [5.41, 5.74) is -0.0429. The molecule has 1 amide bonds. The number of halogens is 3. The van der Waals surface area contributed by atoms with E-state index in [1.54, 1.807) is 41.7 Å². The maximum Gasteiger partial charge on any atom is 0.471 e. The molecule has 0 aliphatic heterocycles. The van der Waals surface area contributed by atoms with Crippen molar-refractivity contribution >= 4 is 11.6 Å². The van der Waals surface area contributed by atoms with Gasteiger partial charge in [-0.2, -0.15) is 13.2 Å². The molecule has 2 rings (SSSR count). The van der Waals surface area contributed by atoms with Gasteiger partial charge in [0.25, 0.3) is 0 Å². The number of ether oxygens (including phenoxy) is 1. The monoisotopic (exact) mass is 281 g/mol. The molecular weight excluding hydrogens is 271 g/mol. The maximum atomic E-state index is 12.2. The van der Waals surface area contributed by atoms with E-state index in [2.05, 4.69) is 0 Å². The molecule has 0 unspecified atom stereocenters. The first kappa shape index (κ1) is 13.9. The zero-order valence-corrected chi connectivity index (χ0v) is 10.1. The summed E-state index contributed by atoms with van der Waals surface area (Å²) in [6.45, 7) is 0. The maximum absolute atomic E-state index is 12.2. The van der Waals surface area contributed by atoms with Crippen LogP contribution in [0.1, 0.15) is 0 Å². The number of hydrogen-bond donors (Lipinski definition) is 1. The van der Waals surface area contributed by atoms with Crippen LogP contribution in [0.4, 0.5) is 18.9 Å². The number of carbonyl (C=O) groups is 1. The minimum atomic E-state index is -4.94. The Balaban J connectivity index is 2.21. The second kappa shape index (κ2) is 5.64. The molecule has 0 aliphatic carbocycles. The van der Waals surface area contributed by atoms with Gasteiger partial charge in [0, 0.05) is 0 Å². The lowest BCUT2D eigenvalue weighted by Gasteiger charge is -2.13. The first-order chi connectivity index (χ1) is 9.47. The molecule has 0 bridgehead atoms. The topological polar surface area (TPSA) is 38.3 Å². The molecule has 6 heteroatoms.